The van der Waals surface area contributed by atoms with Crippen LogP contribution in [0.1, 0.15) is 0 Å². The Morgan fingerprint density at radius 2 is 1.00 bits per heavy atom. The van der Waals surface area contributed by atoms with E-state index in [1.165, 1.54) is 0 Å². The first-order valence-electron chi connectivity index (χ1n) is 0.707. The summed E-state index contributed by atoms with van der Waals surface area (Å²) in [7, 11) is -2.92. The molecule has 0 fully saturated rings. The van der Waals surface area contributed by atoms with Crippen molar-refractivity contribution < 1.29 is 97.0 Å². The molecule has 0 aromatic rings. The standard InChI is InChI=1S/BO3.Ca.La.Nd.H2O/c2-1(3)4;;;;/h;;;;1H2/q-3;+2;2*+3;. The molecular weight excluding hydrogens is 398 g/mol. The van der Waals surface area contributed by atoms with Gasteiger partial charge in [0.15, 0.2) is 0 Å². The summed E-state index contributed by atoms with van der Waals surface area (Å²) in [6, 6.07) is 0. The van der Waals surface area contributed by atoms with E-state index in [-0.39, 0.29) is 120 Å². The summed E-state index contributed by atoms with van der Waals surface area (Å²) in [4.78, 5) is 0. The fourth-order valence-corrected chi connectivity index (χ4v) is 0. The molecule has 0 aliphatic heterocycles. The van der Waals surface area contributed by atoms with Gasteiger partial charge >= 0.3 is 114 Å². The van der Waals surface area contributed by atoms with Crippen LogP contribution in [0.2, 0.25) is 0 Å². The summed E-state index contributed by atoms with van der Waals surface area (Å²) in [5.74, 6) is 0. The van der Waals surface area contributed by atoms with E-state index >= 15 is 0 Å². The monoisotopic (exact) mass is 398 g/mol. The molecule has 0 bridgehead atoms. The molecule has 4 nitrogen and oxygen atoms in total. The normalized spacial score (nSPS) is 3.38. The van der Waals surface area contributed by atoms with E-state index in [2.05, 4.69) is 0 Å². The smallest absolute Gasteiger partial charge is 0.907 e. The Morgan fingerprint density at radius 3 is 1.00 bits per heavy atom. The number of hydrogen-bond acceptors (Lipinski definition) is 3. The van der Waals surface area contributed by atoms with Gasteiger partial charge in [0.05, 0.1) is 0 Å². The van der Waals surface area contributed by atoms with Gasteiger partial charge in [0.2, 0.25) is 0 Å². The predicted octanol–water partition coefficient (Wildman–Crippen LogP) is -5.15. The summed E-state index contributed by atoms with van der Waals surface area (Å²) in [6.45, 7) is 0. The van der Waals surface area contributed by atoms with E-state index in [0.717, 1.165) is 0 Å². The third kappa shape index (κ3) is 53.5. The van der Waals surface area contributed by atoms with Crippen molar-refractivity contribution in [2.45, 2.75) is 0 Å². The van der Waals surface area contributed by atoms with E-state index in [1.54, 1.807) is 0 Å². The molecule has 0 aromatic carbocycles. The molecule has 1 radical (unpaired) electrons. The van der Waals surface area contributed by atoms with Crippen LogP contribution in [-0.2, 0) is 0 Å². The molecule has 0 amide bonds. The first-order valence-corrected chi connectivity index (χ1v) is 0.707. The van der Waals surface area contributed by atoms with Gasteiger partial charge in [0.25, 0.3) is 0 Å². The fraction of sp³-hybridized carbons (Fsp3) is 0. The van der Waals surface area contributed by atoms with Crippen LogP contribution in [0.3, 0.4) is 0 Å². The molecule has 0 aliphatic carbocycles. The van der Waals surface area contributed by atoms with Gasteiger partial charge in [-0.15, -0.1) is 0 Å². The van der Waals surface area contributed by atoms with Crippen molar-refractivity contribution in [1.82, 2.24) is 0 Å². The maximum atomic E-state index is 8.42. The molecule has 0 atom stereocenters. The summed E-state index contributed by atoms with van der Waals surface area (Å²) in [5, 5.41) is 25.2. The van der Waals surface area contributed by atoms with E-state index in [4.69, 9.17) is 15.1 Å². The zero-order chi connectivity index (χ0) is 3.58. The second-order valence-electron chi connectivity index (χ2n) is 0.289. The zero-order valence-corrected chi connectivity index (χ0v) is 13.1. The van der Waals surface area contributed by atoms with Crippen LogP contribution >= 0.6 is 0 Å². The third-order valence-corrected chi connectivity index (χ3v) is 0. The summed E-state index contributed by atoms with van der Waals surface area (Å²) in [5.41, 5.74) is 0. The first kappa shape index (κ1) is 29.8. The molecule has 0 saturated heterocycles. The van der Waals surface area contributed by atoms with E-state index in [0.29, 0.717) is 0 Å². The van der Waals surface area contributed by atoms with Crippen LogP contribution in [0, 0.1) is 76.4 Å². The molecule has 8 heavy (non-hydrogen) atoms. The third-order valence-electron chi connectivity index (χ3n) is 0. The van der Waals surface area contributed by atoms with Crippen molar-refractivity contribution in [3.8, 4) is 0 Å². The number of hydrogen-bond donors (Lipinski definition) is 0. The summed E-state index contributed by atoms with van der Waals surface area (Å²) in [6.07, 6.45) is 0. The van der Waals surface area contributed by atoms with Gasteiger partial charge < -0.3 is 20.5 Å². The maximum absolute atomic E-state index is 8.42. The molecule has 8 heteroatoms. The molecule has 0 aromatic heterocycles. The van der Waals surface area contributed by atoms with Gasteiger partial charge in [-0.25, -0.2) is 0 Å². The van der Waals surface area contributed by atoms with Crippen LogP contribution in [0.5, 0.6) is 0 Å². The Kier molecular flexibility index (Phi) is 83.6. The minimum Gasteiger partial charge on any atom is -0.907 e. The molecule has 0 spiro atoms. The second-order valence-corrected chi connectivity index (χ2v) is 0.289. The van der Waals surface area contributed by atoms with Gasteiger partial charge in [-0.1, -0.05) is 0 Å². The molecule has 0 heterocycles. The Hall–Kier alpha value is 3.71. The van der Waals surface area contributed by atoms with E-state index in [1.807, 2.05) is 0 Å². The molecule has 2 N–H and O–H groups in total. The van der Waals surface area contributed by atoms with Gasteiger partial charge in [-0.3, -0.25) is 7.32 Å². The minimum atomic E-state index is -2.92. The Bertz CT molecular complexity index is 20.8. The summed E-state index contributed by atoms with van der Waals surface area (Å²) >= 11 is 0. The molecule has 0 aliphatic rings. The molecule has 0 rings (SSSR count). The second kappa shape index (κ2) is 22.4. The Morgan fingerprint density at radius 1 is 1.00 bits per heavy atom. The Balaban J connectivity index is -0.00000000750. The van der Waals surface area contributed by atoms with Gasteiger partial charge in [0, 0.05) is 0 Å². The molecule has 0 unspecified atom stereocenters. The van der Waals surface area contributed by atoms with E-state index < -0.39 is 7.32 Å². The topological polar surface area (TPSA) is 101 Å². The SMILES string of the molecule is O.[Ca+2].[La+3].[Nd+3].[O-]B([O-])[O-]. The largest absolute Gasteiger partial charge is 3.00 e. The molecular formula is H2BCaLaNdO4+5. The maximum Gasteiger partial charge on any atom is 3.00 e. The van der Waals surface area contributed by atoms with Gasteiger partial charge in [-0.05, 0) is 0 Å². The van der Waals surface area contributed by atoms with Gasteiger partial charge in [-0.2, -0.15) is 0 Å². The average molecular weight is 400 g/mol. The van der Waals surface area contributed by atoms with Crippen molar-refractivity contribution in [1.29, 1.82) is 0 Å². The van der Waals surface area contributed by atoms with Crippen molar-refractivity contribution in [3.63, 3.8) is 0 Å². The van der Waals surface area contributed by atoms with Crippen molar-refractivity contribution in [2.24, 2.45) is 0 Å². The van der Waals surface area contributed by atoms with Crippen LogP contribution in [0.25, 0.3) is 0 Å². The van der Waals surface area contributed by atoms with Gasteiger partial charge in [0.1, 0.15) is 0 Å². The quantitative estimate of drug-likeness (QED) is 0.380. The van der Waals surface area contributed by atoms with E-state index in [9.17, 15) is 0 Å². The first-order chi connectivity index (χ1) is 1.73. The van der Waals surface area contributed by atoms with Crippen LogP contribution in [-0.4, -0.2) is 50.5 Å². The molecule has 0 saturated carbocycles. The minimum absolute atomic E-state index is 0. The van der Waals surface area contributed by atoms with Crippen molar-refractivity contribution >= 4 is 45.1 Å². The van der Waals surface area contributed by atoms with Crippen LogP contribution in [0.4, 0.5) is 0 Å². The zero-order valence-electron chi connectivity index (χ0n) is 4.09. The van der Waals surface area contributed by atoms with Crippen LogP contribution < -0.4 is 15.1 Å². The molecule has 33 valence electrons. The predicted molar refractivity (Wildman–Crippen MR) is 15.1 cm³/mol. The van der Waals surface area contributed by atoms with Crippen molar-refractivity contribution in [2.75, 3.05) is 0 Å². The Labute approximate surface area is 138 Å². The van der Waals surface area contributed by atoms with Crippen molar-refractivity contribution in [3.05, 3.63) is 0 Å². The summed E-state index contributed by atoms with van der Waals surface area (Å²) < 4.78 is 0. The fourth-order valence-electron chi connectivity index (χ4n) is 0. The number of rotatable bonds is 0. The average Bonchev–Trinajstić information content (AvgIpc) is 0.811. The van der Waals surface area contributed by atoms with Crippen LogP contribution in [0.15, 0.2) is 0 Å².